The lowest BCUT2D eigenvalue weighted by Crippen LogP contribution is -2.36. The number of ether oxygens (including phenoxy) is 1. The number of aliphatic hydroxyl groups is 1. The summed E-state index contributed by atoms with van der Waals surface area (Å²) < 4.78 is 5.17. The maximum atomic E-state index is 9.04. The molecule has 0 fully saturated rings. The van der Waals surface area contributed by atoms with Crippen molar-refractivity contribution < 1.29 is 9.84 Å². The van der Waals surface area contributed by atoms with Gasteiger partial charge in [-0.15, -0.1) is 0 Å². The quantitative estimate of drug-likeness (QED) is 0.781. The number of aryl methyl sites for hydroxylation is 2. The van der Waals surface area contributed by atoms with Crippen molar-refractivity contribution in [2.75, 3.05) is 20.3 Å². The van der Waals surface area contributed by atoms with Gasteiger partial charge in [0.05, 0.1) is 6.61 Å². The normalized spacial score (nSPS) is 14.5. The lowest BCUT2D eigenvalue weighted by atomic mass is 10.0. The third-order valence-corrected chi connectivity index (χ3v) is 3.08. The van der Waals surface area contributed by atoms with Crippen LogP contribution in [0.2, 0.25) is 0 Å². The van der Waals surface area contributed by atoms with Gasteiger partial charge in [0.2, 0.25) is 0 Å². The van der Waals surface area contributed by atoms with E-state index in [9.17, 15) is 0 Å². The number of hydrogen-bond donors (Lipinski definition) is 2. The highest BCUT2D eigenvalue weighted by Gasteiger charge is 2.13. The number of nitrogens with one attached hydrogen (secondary N) is 1. The lowest BCUT2D eigenvalue weighted by molar-refractivity contribution is 0.143. The van der Waals surface area contributed by atoms with E-state index in [-0.39, 0.29) is 18.7 Å². The second-order valence-corrected chi connectivity index (χ2v) is 4.97. The van der Waals surface area contributed by atoms with E-state index >= 15 is 0 Å². The molecule has 18 heavy (non-hydrogen) atoms. The third-order valence-electron chi connectivity index (χ3n) is 3.08. The molecular weight excluding hydrogens is 226 g/mol. The van der Waals surface area contributed by atoms with Gasteiger partial charge in [-0.25, -0.2) is 0 Å². The first kappa shape index (κ1) is 15.2. The van der Waals surface area contributed by atoms with Crippen LogP contribution in [0.3, 0.4) is 0 Å². The first-order valence-electron chi connectivity index (χ1n) is 6.51. The maximum absolute atomic E-state index is 9.04. The van der Waals surface area contributed by atoms with E-state index < -0.39 is 0 Å². The van der Waals surface area contributed by atoms with Crippen LogP contribution in [0.4, 0.5) is 0 Å². The molecule has 0 saturated carbocycles. The molecule has 3 nitrogen and oxygen atoms in total. The second-order valence-electron chi connectivity index (χ2n) is 4.97. The van der Waals surface area contributed by atoms with Crippen molar-refractivity contribution in [1.82, 2.24) is 5.32 Å². The van der Waals surface area contributed by atoms with Crippen LogP contribution in [0, 0.1) is 13.8 Å². The zero-order valence-electron chi connectivity index (χ0n) is 11.9. The Bertz CT molecular complexity index is 339. The Morgan fingerprint density at radius 1 is 1.22 bits per heavy atom. The van der Waals surface area contributed by atoms with Crippen LogP contribution in [0.15, 0.2) is 18.2 Å². The molecule has 0 aliphatic rings. The topological polar surface area (TPSA) is 41.5 Å². The average molecular weight is 251 g/mol. The van der Waals surface area contributed by atoms with Gasteiger partial charge in [-0.05, 0) is 32.8 Å². The third kappa shape index (κ3) is 4.77. The summed E-state index contributed by atoms with van der Waals surface area (Å²) in [5, 5.41) is 12.5. The summed E-state index contributed by atoms with van der Waals surface area (Å²) in [4.78, 5) is 0. The minimum absolute atomic E-state index is 0.181. The van der Waals surface area contributed by atoms with Crippen LogP contribution in [0.5, 0.6) is 0 Å². The van der Waals surface area contributed by atoms with Crippen molar-refractivity contribution in [2.24, 2.45) is 0 Å². The van der Waals surface area contributed by atoms with Crippen molar-refractivity contribution in [1.29, 1.82) is 0 Å². The molecule has 2 atom stereocenters. The summed E-state index contributed by atoms with van der Waals surface area (Å²) >= 11 is 0. The predicted molar refractivity (Wildman–Crippen MR) is 74.8 cm³/mol. The van der Waals surface area contributed by atoms with Crippen LogP contribution in [0.25, 0.3) is 0 Å². The molecule has 0 aliphatic heterocycles. The van der Waals surface area contributed by atoms with Crippen LogP contribution < -0.4 is 5.32 Å². The van der Waals surface area contributed by atoms with E-state index in [1.807, 2.05) is 0 Å². The highest BCUT2D eigenvalue weighted by molar-refractivity contribution is 5.30. The molecule has 102 valence electrons. The number of rotatable bonds is 7. The van der Waals surface area contributed by atoms with Crippen molar-refractivity contribution in [3.8, 4) is 0 Å². The van der Waals surface area contributed by atoms with Crippen LogP contribution in [-0.2, 0) is 4.74 Å². The summed E-state index contributed by atoms with van der Waals surface area (Å²) in [6, 6.07) is 7.03. The van der Waals surface area contributed by atoms with Gasteiger partial charge in [0.25, 0.3) is 0 Å². The minimum atomic E-state index is 0.181. The van der Waals surface area contributed by atoms with Gasteiger partial charge in [-0.2, -0.15) is 0 Å². The number of aliphatic hydroxyl groups excluding tert-OH is 1. The highest BCUT2D eigenvalue weighted by Crippen LogP contribution is 2.17. The van der Waals surface area contributed by atoms with Crippen molar-refractivity contribution >= 4 is 0 Å². The zero-order chi connectivity index (χ0) is 13.5. The van der Waals surface area contributed by atoms with Crippen molar-refractivity contribution in [3.63, 3.8) is 0 Å². The number of benzene rings is 1. The van der Waals surface area contributed by atoms with E-state index in [0.29, 0.717) is 13.0 Å². The molecule has 1 rings (SSSR count). The number of hydrogen-bond acceptors (Lipinski definition) is 3. The monoisotopic (exact) mass is 251 g/mol. The van der Waals surface area contributed by atoms with E-state index in [2.05, 4.69) is 44.3 Å². The summed E-state index contributed by atoms with van der Waals surface area (Å²) in [6.07, 6.45) is 0.711. The van der Waals surface area contributed by atoms with E-state index in [0.717, 1.165) is 0 Å². The Balaban J connectivity index is 2.69. The van der Waals surface area contributed by atoms with Crippen LogP contribution >= 0.6 is 0 Å². The van der Waals surface area contributed by atoms with Crippen LogP contribution in [0.1, 0.15) is 36.1 Å². The Morgan fingerprint density at radius 3 is 2.33 bits per heavy atom. The van der Waals surface area contributed by atoms with E-state index in [1.54, 1.807) is 7.11 Å². The molecule has 3 heteroatoms. The summed E-state index contributed by atoms with van der Waals surface area (Å²) in [5.74, 6) is 0. The van der Waals surface area contributed by atoms with E-state index in [1.165, 1.54) is 16.7 Å². The Labute approximate surface area is 110 Å². The summed E-state index contributed by atoms with van der Waals surface area (Å²) in [6.45, 7) is 7.18. The van der Waals surface area contributed by atoms with Gasteiger partial charge in [-0.3, -0.25) is 0 Å². The van der Waals surface area contributed by atoms with Crippen LogP contribution in [-0.4, -0.2) is 31.5 Å². The summed E-state index contributed by atoms with van der Waals surface area (Å²) in [7, 11) is 1.69. The molecule has 0 saturated heterocycles. The molecule has 2 unspecified atom stereocenters. The lowest BCUT2D eigenvalue weighted by Gasteiger charge is -2.23. The van der Waals surface area contributed by atoms with Crippen molar-refractivity contribution in [2.45, 2.75) is 39.3 Å². The fourth-order valence-electron chi connectivity index (χ4n) is 2.28. The van der Waals surface area contributed by atoms with E-state index in [4.69, 9.17) is 9.84 Å². The molecule has 0 bridgehead atoms. The van der Waals surface area contributed by atoms with Gasteiger partial charge < -0.3 is 15.2 Å². The van der Waals surface area contributed by atoms with Gasteiger partial charge in [0.1, 0.15) is 0 Å². The molecule has 0 aliphatic carbocycles. The highest BCUT2D eigenvalue weighted by atomic mass is 16.5. The fourth-order valence-corrected chi connectivity index (χ4v) is 2.28. The Hall–Kier alpha value is -0.900. The van der Waals surface area contributed by atoms with Gasteiger partial charge in [0, 0.05) is 25.8 Å². The molecule has 0 radical (unpaired) electrons. The average Bonchev–Trinajstić information content (AvgIpc) is 2.28. The molecule has 0 spiro atoms. The fraction of sp³-hybridized carbons (Fsp3) is 0.600. The van der Waals surface area contributed by atoms with Gasteiger partial charge in [0.15, 0.2) is 0 Å². The molecular formula is C15H25NO2. The molecule has 0 aromatic heterocycles. The Kier molecular flexibility index (Phi) is 6.33. The summed E-state index contributed by atoms with van der Waals surface area (Å²) in [5.41, 5.74) is 3.85. The predicted octanol–water partition coefficient (Wildman–Crippen LogP) is 2.35. The molecule has 2 N–H and O–H groups in total. The molecule has 0 heterocycles. The first-order chi connectivity index (χ1) is 8.56. The molecule has 0 amide bonds. The maximum Gasteiger partial charge on any atom is 0.0616 e. The second kappa shape index (κ2) is 7.52. The minimum Gasteiger partial charge on any atom is -0.396 e. The van der Waals surface area contributed by atoms with Gasteiger partial charge in [-0.1, -0.05) is 29.3 Å². The standard InChI is InChI=1S/C15H25NO2/c1-11-7-12(2)9-14(8-11)13(3)16-15(5-6-17)10-18-4/h7-9,13,15-17H,5-6,10H2,1-4H3. The molecule has 1 aromatic carbocycles. The number of methoxy groups -OCH3 is 1. The Morgan fingerprint density at radius 2 is 1.83 bits per heavy atom. The largest absolute Gasteiger partial charge is 0.396 e. The molecule has 1 aromatic rings. The van der Waals surface area contributed by atoms with Crippen molar-refractivity contribution in [3.05, 3.63) is 34.9 Å². The zero-order valence-corrected chi connectivity index (χ0v) is 11.9. The van der Waals surface area contributed by atoms with Gasteiger partial charge >= 0.3 is 0 Å². The smallest absolute Gasteiger partial charge is 0.0616 e. The SMILES string of the molecule is COCC(CCO)NC(C)c1cc(C)cc(C)c1. The first-order valence-corrected chi connectivity index (χ1v) is 6.51.